The second kappa shape index (κ2) is 9.08. The molecule has 0 aliphatic carbocycles. The van der Waals surface area contributed by atoms with Crippen LogP contribution in [0.3, 0.4) is 0 Å². The second-order valence-corrected chi connectivity index (χ2v) is 10.8. The molecule has 2 aliphatic heterocycles. The molecule has 0 spiro atoms. The largest absolute Gasteiger partial charge is 0.370 e. The Morgan fingerprint density at radius 3 is 2.68 bits per heavy atom. The number of carbonyl (C=O) groups is 1. The van der Waals surface area contributed by atoms with Gasteiger partial charge in [-0.3, -0.25) is 14.7 Å². The minimum Gasteiger partial charge on any atom is -0.370 e. The van der Waals surface area contributed by atoms with Crippen LogP contribution >= 0.6 is 0 Å². The first-order valence-electron chi connectivity index (χ1n) is 10.8. The van der Waals surface area contributed by atoms with E-state index >= 15 is 0 Å². The molecule has 1 aromatic heterocycles. The number of piperidine rings is 1. The van der Waals surface area contributed by atoms with Gasteiger partial charge in [0.15, 0.2) is 0 Å². The van der Waals surface area contributed by atoms with Gasteiger partial charge in [0.2, 0.25) is 5.91 Å². The Morgan fingerprint density at radius 2 is 1.94 bits per heavy atom. The third-order valence-corrected chi connectivity index (χ3v) is 7.18. The molecule has 0 bridgehead atoms. The van der Waals surface area contributed by atoms with E-state index in [1.54, 1.807) is 12.3 Å². The lowest BCUT2D eigenvalue weighted by molar-refractivity contribution is -0.137. The normalized spacial score (nSPS) is 20.9. The number of rotatable bonds is 5. The van der Waals surface area contributed by atoms with Gasteiger partial charge in [-0.1, -0.05) is 0 Å². The third kappa shape index (κ3) is 5.33. The van der Waals surface area contributed by atoms with E-state index in [-0.39, 0.29) is 23.4 Å². The zero-order chi connectivity index (χ0) is 22.0. The molecular formula is C22H29FN4O3S. The number of anilines is 1. The van der Waals surface area contributed by atoms with E-state index in [0.29, 0.717) is 39.3 Å². The number of hydrogen-bond donors (Lipinski definition) is 0. The van der Waals surface area contributed by atoms with Crippen LogP contribution in [-0.2, 0) is 14.6 Å². The van der Waals surface area contributed by atoms with Crippen molar-refractivity contribution in [1.29, 1.82) is 0 Å². The van der Waals surface area contributed by atoms with Crippen LogP contribution in [0.15, 0.2) is 30.5 Å². The first-order chi connectivity index (χ1) is 14.8. The van der Waals surface area contributed by atoms with Gasteiger partial charge in [-0.15, -0.1) is 0 Å². The highest BCUT2D eigenvalue weighted by Gasteiger charge is 2.31. The van der Waals surface area contributed by atoms with Gasteiger partial charge in [0.25, 0.3) is 0 Å². The van der Waals surface area contributed by atoms with Gasteiger partial charge in [-0.05, 0) is 37.1 Å². The second-order valence-electron chi connectivity index (χ2n) is 8.57. The van der Waals surface area contributed by atoms with Crippen LogP contribution in [0, 0.1) is 11.7 Å². The number of amides is 1. The Labute approximate surface area is 182 Å². The van der Waals surface area contributed by atoms with Crippen LogP contribution in [0.4, 0.5) is 10.1 Å². The van der Waals surface area contributed by atoms with Gasteiger partial charge in [0, 0.05) is 69.3 Å². The molecule has 3 heterocycles. The fraction of sp³-hybridized carbons (Fsp3) is 0.545. The van der Waals surface area contributed by atoms with Crippen LogP contribution in [0.1, 0.15) is 12.8 Å². The molecule has 1 aromatic carbocycles. The highest BCUT2D eigenvalue weighted by atomic mass is 32.2. The number of sulfone groups is 1. The van der Waals surface area contributed by atoms with Crippen LogP contribution < -0.4 is 4.90 Å². The molecule has 0 radical (unpaired) electrons. The number of fused-ring (bicyclic) bond motifs is 1. The fourth-order valence-corrected chi connectivity index (χ4v) is 5.11. The topological polar surface area (TPSA) is 73.8 Å². The Balaban J connectivity index is 1.39. The van der Waals surface area contributed by atoms with E-state index in [0.717, 1.165) is 36.0 Å². The maximum atomic E-state index is 13.8. The average molecular weight is 449 g/mol. The average Bonchev–Trinajstić information content (AvgIpc) is 2.76. The van der Waals surface area contributed by atoms with E-state index in [1.807, 2.05) is 11.0 Å². The van der Waals surface area contributed by atoms with Gasteiger partial charge in [-0.25, -0.2) is 12.8 Å². The van der Waals surface area contributed by atoms with Crippen LogP contribution in [-0.4, -0.2) is 86.9 Å². The molecule has 168 valence electrons. The monoisotopic (exact) mass is 448 g/mol. The molecule has 1 amide bonds. The van der Waals surface area contributed by atoms with Crippen molar-refractivity contribution in [3.05, 3.63) is 36.3 Å². The van der Waals surface area contributed by atoms with Crippen molar-refractivity contribution >= 4 is 32.3 Å². The molecule has 1 atom stereocenters. The van der Waals surface area contributed by atoms with Crippen LogP contribution in [0.2, 0.25) is 0 Å². The highest BCUT2D eigenvalue weighted by Crippen LogP contribution is 2.30. The molecule has 0 saturated carbocycles. The van der Waals surface area contributed by atoms with Crippen molar-refractivity contribution in [3.8, 4) is 0 Å². The lowest BCUT2D eigenvalue weighted by atomic mass is 9.95. The number of hydrogen-bond acceptors (Lipinski definition) is 6. The third-order valence-electron chi connectivity index (χ3n) is 6.25. The zero-order valence-electron chi connectivity index (χ0n) is 17.8. The van der Waals surface area contributed by atoms with Crippen LogP contribution in [0.5, 0.6) is 0 Å². The maximum absolute atomic E-state index is 13.8. The number of nitrogens with zero attached hydrogens (tertiary/aromatic N) is 4. The van der Waals surface area contributed by atoms with E-state index < -0.39 is 9.84 Å². The summed E-state index contributed by atoms with van der Waals surface area (Å²) in [5.41, 5.74) is 1.67. The summed E-state index contributed by atoms with van der Waals surface area (Å²) < 4.78 is 36.6. The van der Waals surface area contributed by atoms with Crippen molar-refractivity contribution in [3.63, 3.8) is 0 Å². The summed E-state index contributed by atoms with van der Waals surface area (Å²) >= 11 is 0. The molecule has 9 heteroatoms. The number of piperazine rings is 1. The van der Waals surface area contributed by atoms with Crippen molar-refractivity contribution in [2.45, 2.75) is 12.8 Å². The van der Waals surface area contributed by atoms with E-state index in [9.17, 15) is 17.6 Å². The molecule has 2 aliphatic rings. The van der Waals surface area contributed by atoms with Crippen molar-refractivity contribution in [2.24, 2.45) is 5.92 Å². The summed E-state index contributed by atoms with van der Waals surface area (Å²) in [6.45, 7) is 4.62. The summed E-state index contributed by atoms with van der Waals surface area (Å²) in [6, 6.07) is 6.51. The zero-order valence-corrected chi connectivity index (χ0v) is 18.7. The molecule has 1 unspecified atom stereocenters. The summed E-state index contributed by atoms with van der Waals surface area (Å²) in [6.07, 6.45) is 4.74. The smallest absolute Gasteiger partial charge is 0.227 e. The van der Waals surface area contributed by atoms with Crippen molar-refractivity contribution in [2.75, 3.05) is 62.7 Å². The van der Waals surface area contributed by atoms with E-state index in [1.165, 1.54) is 18.4 Å². The van der Waals surface area contributed by atoms with Gasteiger partial charge in [0.05, 0.1) is 17.2 Å². The summed E-state index contributed by atoms with van der Waals surface area (Å²) in [4.78, 5) is 23.7. The molecule has 2 saturated heterocycles. The summed E-state index contributed by atoms with van der Waals surface area (Å²) in [5, 5.41) is 0.773. The quantitative estimate of drug-likeness (QED) is 0.694. The highest BCUT2D eigenvalue weighted by molar-refractivity contribution is 7.90. The van der Waals surface area contributed by atoms with Gasteiger partial charge < -0.3 is 9.80 Å². The summed E-state index contributed by atoms with van der Waals surface area (Å²) in [5.74, 6) is -0.0656. The number of carbonyl (C=O) groups excluding carboxylic acids is 1. The number of halogens is 1. The lowest BCUT2D eigenvalue weighted by Gasteiger charge is -2.39. The first kappa shape index (κ1) is 22.0. The van der Waals surface area contributed by atoms with Crippen molar-refractivity contribution < 1.29 is 17.6 Å². The maximum Gasteiger partial charge on any atom is 0.227 e. The number of benzene rings is 1. The molecule has 7 nitrogen and oxygen atoms in total. The SMILES string of the molecule is CS(=O)(=O)CCN1CCN(C(=O)C2CCCN(c3ccnc4ccc(F)cc34)C2)CC1. The number of aromatic nitrogens is 1. The Hall–Kier alpha value is -2.26. The van der Waals surface area contributed by atoms with Gasteiger partial charge in [-0.2, -0.15) is 0 Å². The van der Waals surface area contributed by atoms with Gasteiger partial charge >= 0.3 is 0 Å². The predicted molar refractivity (Wildman–Crippen MR) is 119 cm³/mol. The lowest BCUT2D eigenvalue weighted by Crippen LogP contribution is -2.53. The van der Waals surface area contributed by atoms with E-state index in [2.05, 4.69) is 14.8 Å². The standard InChI is InChI=1S/C22H29FN4O3S/c1-31(29,30)14-13-25-9-11-26(12-10-25)22(28)17-3-2-8-27(16-17)21-6-7-24-20-5-4-18(23)15-19(20)21/h4-7,15,17H,2-3,8-14,16H2,1H3. The fourth-order valence-electron chi connectivity index (χ4n) is 4.52. The number of pyridine rings is 1. The van der Waals surface area contributed by atoms with Crippen LogP contribution in [0.25, 0.3) is 10.9 Å². The Bertz CT molecular complexity index is 1050. The van der Waals surface area contributed by atoms with Gasteiger partial charge in [0.1, 0.15) is 15.7 Å². The minimum absolute atomic E-state index is 0.0897. The summed E-state index contributed by atoms with van der Waals surface area (Å²) in [7, 11) is -2.98. The Kier molecular flexibility index (Phi) is 6.43. The molecule has 31 heavy (non-hydrogen) atoms. The molecule has 4 rings (SSSR count). The molecule has 2 aromatic rings. The Morgan fingerprint density at radius 1 is 1.16 bits per heavy atom. The first-order valence-corrected chi connectivity index (χ1v) is 12.8. The van der Waals surface area contributed by atoms with E-state index in [4.69, 9.17) is 0 Å². The molecular weight excluding hydrogens is 419 g/mol. The predicted octanol–water partition coefficient (Wildman–Crippen LogP) is 1.78. The molecule has 2 fully saturated rings. The van der Waals surface area contributed by atoms with Crippen molar-refractivity contribution in [1.82, 2.24) is 14.8 Å². The minimum atomic E-state index is -2.98. The molecule has 0 N–H and O–H groups in total.